The Hall–Kier alpha value is -1.45. The fourth-order valence-corrected chi connectivity index (χ4v) is 6.84. The molecule has 2 unspecified atom stereocenters. The molecule has 2 fully saturated rings. The molecule has 0 saturated carbocycles. The van der Waals surface area contributed by atoms with Crippen molar-refractivity contribution in [2.45, 2.75) is 17.8 Å². The maximum absolute atomic E-state index is 13.1. The molecule has 0 aliphatic carbocycles. The lowest BCUT2D eigenvalue weighted by atomic mass is 10.1. The number of amides is 1. The first-order valence-corrected chi connectivity index (χ1v) is 10.1. The Bertz CT molecular complexity index is 764. The zero-order chi connectivity index (χ0) is 17.3. The van der Waals surface area contributed by atoms with Gasteiger partial charge in [0.1, 0.15) is 12.4 Å². The van der Waals surface area contributed by atoms with Gasteiger partial charge in [0, 0.05) is 18.9 Å². The van der Waals surface area contributed by atoms with E-state index in [2.05, 4.69) is 4.99 Å². The van der Waals surface area contributed by atoms with E-state index in [-0.39, 0.29) is 35.2 Å². The number of fused-ring (bicyclic) bond motifs is 1. The largest absolute Gasteiger partial charge is 0.375 e. The van der Waals surface area contributed by atoms with Crippen molar-refractivity contribution in [3.63, 3.8) is 0 Å². The van der Waals surface area contributed by atoms with Crippen molar-refractivity contribution in [3.05, 3.63) is 35.6 Å². The van der Waals surface area contributed by atoms with Gasteiger partial charge in [-0.25, -0.2) is 12.8 Å². The highest BCUT2D eigenvalue weighted by molar-refractivity contribution is 8.15. The monoisotopic (exact) mass is 372 g/mol. The van der Waals surface area contributed by atoms with Crippen LogP contribution in [0.2, 0.25) is 0 Å². The predicted molar refractivity (Wildman–Crippen MR) is 90.1 cm³/mol. The van der Waals surface area contributed by atoms with Crippen LogP contribution in [0.1, 0.15) is 5.56 Å². The second-order valence-corrected chi connectivity index (χ2v) is 9.14. The quantitative estimate of drug-likeness (QED) is 0.787. The van der Waals surface area contributed by atoms with Crippen molar-refractivity contribution in [2.24, 2.45) is 4.99 Å². The number of amidine groups is 1. The van der Waals surface area contributed by atoms with Crippen LogP contribution in [-0.4, -0.2) is 60.9 Å². The topological polar surface area (TPSA) is 76.0 Å². The van der Waals surface area contributed by atoms with Crippen molar-refractivity contribution in [2.75, 3.05) is 25.2 Å². The number of rotatable bonds is 4. The van der Waals surface area contributed by atoms with E-state index >= 15 is 0 Å². The Kier molecular flexibility index (Phi) is 4.93. The standard InChI is InChI=1S/C15H17FN2O4S2/c1-22-7-14(19)17-15-18(6-10-2-4-11(16)5-3-10)12-8-24(20,21)9-13(12)23-15/h2-5,12-13H,6-9H2,1H3. The Labute approximate surface area is 144 Å². The van der Waals surface area contributed by atoms with Crippen LogP contribution in [0.15, 0.2) is 29.3 Å². The van der Waals surface area contributed by atoms with Gasteiger partial charge < -0.3 is 9.64 Å². The molecule has 0 radical (unpaired) electrons. The average molecular weight is 372 g/mol. The predicted octanol–water partition coefficient (Wildman–Crippen LogP) is 1.07. The van der Waals surface area contributed by atoms with E-state index in [1.807, 2.05) is 4.90 Å². The minimum Gasteiger partial charge on any atom is -0.375 e. The molecule has 0 N–H and O–H groups in total. The maximum Gasteiger partial charge on any atom is 0.274 e. The van der Waals surface area contributed by atoms with Crippen LogP contribution in [0.25, 0.3) is 0 Å². The van der Waals surface area contributed by atoms with E-state index in [9.17, 15) is 17.6 Å². The number of thioether (sulfide) groups is 1. The number of hydrogen-bond acceptors (Lipinski definition) is 5. The Morgan fingerprint density at radius 2 is 2.08 bits per heavy atom. The molecule has 9 heteroatoms. The second-order valence-electron chi connectivity index (χ2n) is 5.78. The SMILES string of the molecule is COCC(=O)N=C1SC2CS(=O)(=O)CC2N1Cc1ccc(F)cc1. The molecule has 6 nitrogen and oxygen atoms in total. The number of methoxy groups -OCH3 is 1. The maximum atomic E-state index is 13.1. The smallest absolute Gasteiger partial charge is 0.274 e. The molecular formula is C15H17FN2O4S2. The van der Waals surface area contributed by atoms with E-state index in [4.69, 9.17) is 4.74 Å². The van der Waals surface area contributed by atoms with Crippen molar-refractivity contribution < 1.29 is 22.3 Å². The summed E-state index contributed by atoms with van der Waals surface area (Å²) in [4.78, 5) is 17.7. The van der Waals surface area contributed by atoms with E-state index in [0.29, 0.717) is 11.7 Å². The Morgan fingerprint density at radius 1 is 1.38 bits per heavy atom. The molecule has 2 aliphatic rings. The summed E-state index contributed by atoms with van der Waals surface area (Å²) in [5.41, 5.74) is 0.828. The van der Waals surface area contributed by atoms with Crippen LogP contribution >= 0.6 is 11.8 Å². The van der Waals surface area contributed by atoms with Crippen molar-refractivity contribution in [1.82, 2.24) is 4.90 Å². The first-order valence-electron chi connectivity index (χ1n) is 7.36. The number of sulfone groups is 1. The Balaban J connectivity index is 1.86. The third kappa shape index (κ3) is 3.79. The van der Waals surface area contributed by atoms with Gasteiger partial charge in [-0.3, -0.25) is 4.79 Å². The molecule has 2 heterocycles. The second kappa shape index (κ2) is 6.81. The molecule has 2 aliphatic heterocycles. The molecule has 2 atom stereocenters. The van der Waals surface area contributed by atoms with Gasteiger partial charge in [-0.15, -0.1) is 0 Å². The van der Waals surface area contributed by atoms with Gasteiger partial charge in [-0.05, 0) is 17.7 Å². The zero-order valence-corrected chi connectivity index (χ0v) is 14.6. The summed E-state index contributed by atoms with van der Waals surface area (Å²) in [6, 6.07) is 5.78. The van der Waals surface area contributed by atoms with Gasteiger partial charge >= 0.3 is 0 Å². The number of carbonyl (C=O) groups excluding carboxylic acids is 1. The molecule has 3 rings (SSSR count). The lowest BCUT2D eigenvalue weighted by Gasteiger charge is -2.24. The Morgan fingerprint density at radius 3 is 2.75 bits per heavy atom. The minimum absolute atomic E-state index is 0.0450. The van der Waals surface area contributed by atoms with E-state index in [0.717, 1.165) is 5.56 Å². The summed E-state index contributed by atoms with van der Waals surface area (Å²) in [5.74, 6) is -0.615. The highest BCUT2D eigenvalue weighted by Gasteiger charge is 2.48. The van der Waals surface area contributed by atoms with Gasteiger partial charge in [0.25, 0.3) is 5.91 Å². The summed E-state index contributed by atoms with van der Waals surface area (Å²) in [6.07, 6.45) is 0. The highest BCUT2D eigenvalue weighted by atomic mass is 32.2. The van der Waals surface area contributed by atoms with Crippen LogP contribution in [0, 0.1) is 5.82 Å². The third-order valence-electron chi connectivity index (χ3n) is 3.93. The molecule has 130 valence electrons. The van der Waals surface area contributed by atoms with E-state index in [1.165, 1.54) is 31.0 Å². The fourth-order valence-electron chi connectivity index (χ4n) is 2.87. The summed E-state index contributed by atoms with van der Waals surface area (Å²) >= 11 is 1.31. The third-order valence-corrected chi connectivity index (χ3v) is 7.18. The first kappa shape index (κ1) is 17.4. The fraction of sp³-hybridized carbons (Fsp3) is 0.467. The number of ether oxygens (including phenoxy) is 1. The summed E-state index contributed by atoms with van der Waals surface area (Å²) in [6.45, 7) is 0.255. The summed E-state index contributed by atoms with van der Waals surface area (Å²) in [5, 5.41) is 0.371. The molecule has 0 aromatic heterocycles. The lowest BCUT2D eigenvalue weighted by Crippen LogP contribution is -2.37. The highest BCUT2D eigenvalue weighted by Crippen LogP contribution is 2.39. The molecule has 0 spiro atoms. The van der Waals surface area contributed by atoms with Crippen LogP contribution in [-0.2, 0) is 25.9 Å². The van der Waals surface area contributed by atoms with Crippen molar-refractivity contribution in [1.29, 1.82) is 0 Å². The number of nitrogens with zero attached hydrogens (tertiary/aromatic N) is 2. The van der Waals surface area contributed by atoms with Crippen LogP contribution in [0.5, 0.6) is 0 Å². The molecule has 1 amide bonds. The molecule has 2 saturated heterocycles. The minimum atomic E-state index is -3.09. The van der Waals surface area contributed by atoms with Crippen LogP contribution in [0.4, 0.5) is 4.39 Å². The molecular weight excluding hydrogens is 355 g/mol. The van der Waals surface area contributed by atoms with Crippen LogP contribution < -0.4 is 0 Å². The number of carbonyl (C=O) groups is 1. The first-order chi connectivity index (χ1) is 11.4. The number of aliphatic imine (C=N–C) groups is 1. The van der Waals surface area contributed by atoms with Gasteiger partial charge in [0.2, 0.25) is 0 Å². The molecule has 1 aromatic rings. The van der Waals surface area contributed by atoms with Gasteiger partial charge in [-0.1, -0.05) is 23.9 Å². The van der Waals surface area contributed by atoms with Gasteiger partial charge in [0.15, 0.2) is 15.0 Å². The number of hydrogen-bond donors (Lipinski definition) is 0. The summed E-state index contributed by atoms with van der Waals surface area (Å²) in [7, 11) is -1.67. The molecule has 0 bridgehead atoms. The normalized spacial score (nSPS) is 26.8. The van der Waals surface area contributed by atoms with E-state index < -0.39 is 15.7 Å². The number of benzene rings is 1. The molecule has 1 aromatic carbocycles. The zero-order valence-electron chi connectivity index (χ0n) is 13.0. The average Bonchev–Trinajstić information content (AvgIpc) is 2.95. The lowest BCUT2D eigenvalue weighted by molar-refractivity contribution is -0.121. The van der Waals surface area contributed by atoms with E-state index in [1.54, 1.807) is 12.1 Å². The number of halogens is 1. The van der Waals surface area contributed by atoms with Crippen LogP contribution in [0.3, 0.4) is 0 Å². The van der Waals surface area contributed by atoms with Crippen molar-refractivity contribution >= 4 is 32.7 Å². The van der Waals surface area contributed by atoms with Gasteiger partial charge in [-0.2, -0.15) is 4.99 Å². The van der Waals surface area contributed by atoms with Crippen molar-refractivity contribution in [3.8, 4) is 0 Å². The van der Waals surface area contributed by atoms with Gasteiger partial charge in [0.05, 0.1) is 17.5 Å². The summed E-state index contributed by atoms with van der Waals surface area (Å²) < 4.78 is 41.7. The molecule has 24 heavy (non-hydrogen) atoms.